The highest BCUT2D eigenvalue weighted by Crippen LogP contribution is 2.26. The summed E-state index contributed by atoms with van der Waals surface area (Å²) in [5.74, 6) is -1.40. The number of aliphatic carboxylic acids is 1. The predicted octanol–water partition coefficient (Wildman–Crippen LogP) is 3.17. The van der Waals surface area contributed by atoms with Gasteiger partial charge in [0.05, 0.1) is 5.01 Å². The summed E-state index contributed by atoms with van der Waals surface area (Å²) in [6, 6.07) is 9.33. The van der Waals surface area contributed by atoms with Crippen LogP contribution in [0.15, 0.2) is 35.7 Å². The number of hydrogen-bond donors (Lipinski definition) is 1. The van der Waals surface area contributed by atoms with Crippen molar-refractivity contribution >= 4 is 23.2 Å². The fourth-order valence-corrected chi connectivity index (χ4v) is 2.93. The van der Waals surface area contributed by atoms with Crippen LogP contribution in [0.3, 0.4) is 0 Å². The molecule has 1 aromatic heterocycles. The number of carboxylic acids is 1. The topological polar surface area (TPSA) is 70.5 Å². The Kier molecular flexibility index (Phi) is 5.15. The molecule has 0 aliphatic carbocycles. The molecule has 0 atom stereocenters. The van der Waals surface area contributed by atoms with Gasteiger partial charge in [0, 0.05) is 17.3 Å². The molecule has 0 fully saturated rings. The smallest absolute Gasteiger partial charge is 0.323 e. The van der Waals surface area contributed by atoms with E-state index in [4.69, 9.17) is 5.11 Å². The quantitative estimate of drug-likeness (QED) is 0.913. The molecule has 1 heterocycles. The Labute approximate surface area is 139 Å². The highest BCUT2D eigenvalue weighted by atomic mass is 32.1. The third kappa shape index (κ3) is 4.63. The minimum atomic E-state index is -1.04. The first-order valence-electron chi connectivity index (χ1n) is 7.28. The second kappa shape index (κ2) is 6.91. The van der Waals surface area contributed by atoms with Crippen LogP contribution >= 0.6 is 11.3 Å². The van der Waals surface area contributed by atoms with Crippen molar-refractivity contribution in [1.82, 2.24) is 9.88 Å². The zero-order valence-corrected chi connectivity index (χ0v) is 14.3. The van der Waals surface area contributed by atoms with Gasteiger partial charge in [0.25, 0.3) is 5.91 Å². The summed E-state index contributed by atoms with van der Waals surface area (Å²) in [7, 11) is 0. The van der Waals surface area contributed by atoms with E-state index in [1.54, 1.807) is 5.38 Å². The van der Waals surface area contributed by atoms with Crippen molar-refractivity contribution in [3.63, 3.8) is 0 Å². The van der Waals surface area contributed by atoms with E-state index in [0.717, 1.165) is 10.6 Å². The monoisotopic (exact) mass is 332 g/mol. The van der Waals surface area contributed by atoms with Crippen LogP contribution < -0.4 is 0 Å². The van der Waals surface area contributed by atoms with Crippen LogP contribution in [0.5, 0.6) is 0 Å². The summed E-state index contributed by atoms with van der Waals surface area (Å²) in [6.07, 6.45) is 0. The normalized spacial score (nSPS) is 11.3. The predicted molar refractivity (Wildman–Crippen MR) is 89.6 cm³/mol. The first kappa shape index (κ1) is 17.1. The molecule has 1 N–H and O–H groups in total. The van der Waals surface area contributed by atoms with Gasteiger partial charge in [-0.2, -0.15) is 0 Å². The molecule has 2 aromatic rings. The molecule has 0 aliphatic rings. The second-order valence-electron chi connectivity index (χ2n) is 6.33. The molecular formula is C17H20N2O3S. The molecule has 1 aromatic carbocycles. The third-order valence-electron chi connectivity index (χ3n) is 3.19. The standard InChI is InChI=1S/C17H20N2O3S/c1-17(2,3)16-18-13(11-23-16)15(22)19(10-14(20)21)9-12-7-5-4-6-8-12/h4-8,11H,9-10H2,1-3H3,(H,20,21). The van der Waals surface area contributed by atoms with Crippen molar-refractivity contribution in [2.75, 3.05) is 6.54 Å². The number of carbonyl (C=O) groups is 2. The largest absolute Gasteiger partial charge is 0.480 e. The SMILES string of the molecule is CC(C)(C)c1nc(C(=O)N(CC(=O)O)Cc2ccccc2)cs1. The van der Waals surface area contributed by atoms with Crippen LogP contribution in [-0.2, 0) is 16.8 Å². The molecule has 122 valence electrons. The molecule has 6 heteroatoms. The molecule has 0 aliphatic heterocycles. The Morgan fingerprint density at radius 3 is 2.39 bits per heavy atom. The van der Waals surface area contributed by atoms with Gasteiger partial charge in [-0.15, -0.1) is 11.3 Å². The number of nitrogens with zero attached hydrogens (tertiary/aromatic N) is 2. The van der Waals surface area contributed by atoms with E-state index in [9.17, 15) is 9.59 Å². The molecule has 0 unspecified atom stereocenters. The summed E-state index contributed by atoms with van der Waals surface area (Å²) in [5, 5.41) is 11.6. The van der Waals surface area contributed by atoms with E-state index in [-0.39, 0.29) is 24.4 Å². The Morgan fingerprint density at radius 1 is 1.22 bits per heavy atom. The number of carbonyl (C=O) groups excluding carboxylic acids is 1. The summed E-state index contributed by atoms with van der Waals surface area (Å²) in [5.41, 5.74) is 1.05. The Hall–Kier alpha value is -2.21. The number of amides is 1. The van der Waals surface area contributed by atoms with Gasteiger partial charge in [-0.05, 0) is 5.56 Å². The maximum Gasteiger partial charge on any atom is 0.323 e. The molecule has 2 rings (SSSR count). The average molecular weight is 332 g/mol. The van der Waals surface area contributed by atoms with Crippen molar-refractivity contribution in [3.05, 3.63) is 52.0 Å². The average Bonchev–Trinajstić information content (AvgIpc) is 2.96. The molecule has 0 spiro atoms. The molecule has 0 saturated heterocycles. The van der Waals surface area contributed by atoms with Crippen molar-refractivity contribution in [2.24, 2.45) is 0 Å². The number of hydrogen-bond acceptors (Lipinski definition) is 4. The van der Waals surface area contributed by atoms with Crippen LogP contribution in [0, 0.1) is 0 Å². The number of thiazole rings is 1. The highest BCUT2D eigenvalue weighted by molar-refractivity contribution is 7.10. The lowest BCUT2D eigenvalue weighted by atomic mass is 9.98. The summed E-state index contributed by atoms with van der Waals surface area (Å²) >= 11 is 1.42. The summed E-state index contributed by atoms with van der Waals surface area (Å²) in [4.78, 5) is 29.4. The first-order valence-corrected chi connectivity index (χ1v) is 8.16. The van der Waals surface area contributed by atoms with Gasteiger partial charge < -0.3 is 10.0 Å². The van der Waals surface area contributed by atoms with Crippen LogP contribution in [0.1, 0.15) is 41.8 Å². The lowest BCUT2D eigenvalue weighted by Crippen LogP contribution is -2.35. The minimum Gasteiger partial charge on any atom is -0.480 e. The van der Waals surface area contributed by atoms with Crippen molar-refractivity contribution in [2.45, 2.75) is 32.7 Å². The lowest BCUT2D eigenvalue weighted by Gasteiger charge is -2.20. The van der Waals surface area contributed by atoms with E-state index >= 15 is 0 Å². The van der Waals surface area contributed by atoms with E-state index in [0.29, 0.717) is 5.69 Å². The zero-order chi connectivity index (χ0) is 17.0. The van der Waals surface area contributed by atoms with Gasteiger partial charge >= 0.3 is 5.97 Å². The van der Waals surface area contributed by atoms with Crippen LogP contribution in [0.25, 0.3) is 0 Å². The van der Waals surface area contributed by atoms with Gasteiger partial charge in [0.2, 0.25) is 0 Å². The molecule has 0 saturated carbocycles. The molecule has 0 bridgehead atoms. The Bertz CT molecular complexity index is 689. The number of carboxylic acid groups (broad SMARTS) is 1. The number of benzene rings is 1. The maximum absolute atomic E-state index is 12.6. The molecule has 5 nitrogen and oxygen atoms in total. The van der Waals surface area contributed by atoms with Crippen molar-refractivity contribution in [3.8, 4) is 0 Å². The van der Waals surface area contributed by atoms with Crippen LogP contribution in [-0.4, -0.2) is 33.4 Å². The highest BCUT2D eigenvalue weighted by Gasteiger charge is 2.24. The maximum atomic E-state index is 12.6. The summed E-state index contributed by atoms with van der Waals surface area (Å²) < 4.78 is 0. The van der Waals surface area contributed by atoms with E-state index in [2.05, 4.69) is 4.98 Å². The summed E-state index contributed by atoms with van der Waals surface area (Å²) in [6.45, 7) is 5.97. The second-order valence-corrected chi connectivity index (χ2v) is 7.19. The van der Waals surface area contributed by atoms with Crippen molar-refractivity contribution < 1.29 is 14.7 Å². The van der Waals surface area contributed by atoms with Gasteiger partial charge in [0.1, 0.15) is 12.2 Å². The first-order chi connectivity index (χ1) is 10.8. The zero-order valence-electron chi connectivity index (χ0n) is 13.4. The van der Waals surface area contributed by atoms with Gasteiger partial charge in [0.15, 0.2) is 0 Å². The molecule has 23 heavy (non-hydrogen) atoms. The van der Waals surface area contributed by atoms with Crippen LogP contribution in [0.4, 0.5) is 0 Å². The van der Waals surface area contributed by atoms with E-state index in [1.165, 1.54) is 16.2 Å². The minimum absolute atomic E-state index is 0.139. The Morgan fingerprint density at radius 2 is 1.87 bits per heavy atom. The van der Waals surface area contributed by atoms with Gasteiger partial charge in [-0.25, -0.2) is 4.98 Å². The van der Waals surface area contributed by atoms with Crippen LogP contribution in [0.2, 0.25) is 0 Å². The molecule has 0 radical (unpaired) electrons. The number of rotatable bonds is 5. The van der Waals surface area contributed by atoms with Gasteiger partial charge in [-0.1, -0.05) is 51.1 Å². The molecule has 1 amide bonds. The fraction of sp³-hybridized carbons (Fsp3) is 0.353. The third-order valence-corrected chi connectivity index (χ3v) is 4.46. The van der Waals surface area contributed by atoms with Gasteiger partial charge in [-0.3, -0.25) is 9.59 Å². The van der Waals surface area contributed by atoms with E-state index in [1.807, 2.05) is 51.1 Å². The van der Waals surface area contributed by atoms with Crippen molar-refractivity contribution in [1.29, 1.82) is 0 Å². The lowest BCUT2D eigenvalue weighted by molar-refractivity contribution is -0.137. The van der Waals surface area contributed by atoms with E-state index < -0.39 is 5.97 Å². The fourth-order valence-electron chi connectivity index (χ4n) is 2.05. The number of aromatic nitrogens is 1. The molecular weight excluding hydrogens is 312 g/mol. The Balaban J connectivity index is 2.22.